The molecule has 0 spiro atoms. The molecule has 0 aliphatic heterocycles. The maximum atomic E-state index is 4.70. The van der Waals surface area contributed by atoms with E-state index < -0.39 is 0 Å². The van der Waals surface area contributed by atoms with Crippen LogP contribution in [0, 0.1) is 5.92 Å². The molecule has 0 unspecified atom stereocenters. The number of nitrogens with one attached hydrogen (secondary N) is 1. The zero-order valence-electron chi connectivity index (χ0n) is 12.6. The van der Waals surface area contributed by atoms with E-state index in [-0.39, 0.29) is 0 Å². The molecule has 0 radical (unpaired) electrons. The van der Waals surface area contributed by atoms with Gasteiger partial charge in [-0.2, -0.15) is 0 Å². The van der Waals surface area contributed by atoms with Crippen molar-refractivity contribution in [2.45, 2.75) is 40.2 Å². The lowest BCUT2D eigenvalue weighted by Gasteiger charge is -2.05. The summed E-state index contributed by atoms with van der Waals surface area (Å²) in [5.41, 5.74) is 3.72. The van der Waals surface area contributed by atoms with E-state index in [1.165, 1.54) is 16.1 Å². The number of benzene rings is 1. The quantitative estimate of drug-likeness (QED) is 0.758. The molecule has 0 atom stereocenters. The maximum absolute atomic E-state index is 4.70. The van der Waals surface area contributed by atoms with E-state index in [1.807, 2.05) is 0 Å². The van der Waals surface area contributed by atoms with Gasteiger partial charge in [0.05, 0.1) is 5.69 Å². The summed E-state index contributed by atoms with van der Waals surface area (Å²) < 4.78 is 0. The lowest BCUT2D eigenvalue weighted by molar-refractivity contribution is 0.647. The van der Waals surface area contributed by atoms with Crippen LogP contribution in [0.25, 0.3) is 11.3 Å². The van der Waals surface area contributed by atoms with Crippen LogP contribution >= 0.6 is 11.3 Å². The first-order chi connectivity index (χ1) is 9.69. The van der Waals surface area contributed by atoms with Gasteiger partial charge in [0, 0.05) is 17.5 Å². The van der Waals surface area contributed by atoms with Crippen LogP contribution in [0.1, 0.15) is 37.8 Å². The van der Waals surface area contributed by atoms with Crippen LogP contribution in [0.2, 0.25) is 0 Å². The highest BCUT2D eigenvalue weighted by Crippen LogP contribution is 2.23. The summed E-state index contributed by atoms with van der Waals surface area (Å²) in [6.07, 6.45) is 2.30. The van der Waals surface area contributed by atoms with Crippen molar-refractivity contribution in [1.82, 2.24) is 10.3 Å². The van der Waals surface area contributed by atoms with Crippen LogP contribution in [0.4, 0.5) is 0 Å². The fourth-order valence-corrected chi connectivity index (χ4v) is 2.95. The van der Waals surface area contributed by atoms with Crippen LogP contribution in [0.15, 0.2) is 29.6 Å². The van der Waals surface area contributed by atoms with Gasteiger partial charge in [-0.25, -0.2) is 4.98 Å². The fourth-order valence-electron chi connectivity index (χ4n) is 2.18. The van der Waals surface area contributed by atoms with Crippen LogP contribution in [-0.2, 0) is 13.0 Å². The Morgan fingerprint density at radius 3 is 2.60 bits per heavy atom. The molecule has 1 heterocycles. The second-order valence-corrected chi connectivity index (χ2v) is 6.54. The number of thiazole rings is 1. The average Bonchev–Trinajstić information content (AvgIpc) is 2.88. The number of hydrogen-bond donors (Lipinski definition) is 1. The molecule has 1 N–H and O–H groups in total. The van der Waals surface area contributed by atoms with Gasteiger partial charge in [-0.15, -0.1) is 11.3 Å². The lowest BCUT2D eigenvalue weighted by Crippen LogP contribution is -2.13. The van der Waals surface area contributed by atoms with E-state index in [2.05, 4.69) is 55.7 Å². The molecule has 0 fully saturated rings. The Morgan fingerprint density at radius 1 is 1.20 bits per heavy atom. The van der Waals surface area contributed by atoms with E-state index in [9.17, 15) is 0 Å². The van der Waals surface area contributed by atoms with Crippen LogP contribution in [0.3, 0.4) is 0 Å². The van der Waals surface area contributed by atoms with Gasteiger partial charge in [0.2, 0.25) is 0 Å². The monoisotopic (exact) mass is 288 g/mol. The molecule has 0 aliphatic rings. The predicted octanol–water partition coefficient (Wildman–Crippen LogP) is 4.51. The number of hydrogen-bond acceptors (Lipinski definition) is 3. The Balaban J connectivity index is 2.00. The van der Waals surface area contributed by atoms with Gasteiger partial charge in [-0.3, -0.25) is 0 Å². The normalized spacial score (nSPS) is 11.2. The van der Waals surface area contributed by atoms with Gasteiger partial charge in [0.15, 0.2) is 0 Å². The molecular formula is C17H24N2S. The highest BCUT2D eigenvalue weighted by atomic mass is 32.1. The zero-order valence-corrected chi connectivity index (χ0v) is 13.5. The van der Waals surface area contributed by atoms with Crippen molar-refractivity contribution in [3.05, 3.63) is 40.2 Å². The average molecular weight is 288 g/mol. The zero-order chi connectivity index (χ0) is 14.4. The third-order valence-electron chi connectivity index (χ3n) is 3.15. The molecule has 3 heteroatoms. The van der Waals surface area contributed by atoms with Crippen molar-refractivity contribution in [1.29, 1.82) is 0 Å². The van der Waals surface area contributed by atoms with Crippen molar-refractivity contribution in [3.8, 4) is 11.3 Å². The molecule has 1 aromatic carbocycles. The van der Waals surface area contributed by atoms with E-state index >= 15 is 0 Å². The summed E-state index contributed by atoms with van der Waals surface area (Å²) in [5, 5.41) is 6.71. The van der Waals surface area contributed by atoms with Crippen molar-refractivity contribution in [2.24, 2.45) is 5.92 Å². The molecule has 2 aromatic rings. The second-order valence-electron chi connectivity index (χ2n) is 5.60. The Labute approximate surface area is 126 Å². The minimum atomic E-state index is 0.705. The Kier molecular flexibility index (Phi) is 5.74. The smallest absolute Gasteiger partial charge is 0.107 e. The van der Waals surface area contributed by atoms with Gasteiger partial charge in [-0.05, 0) is 30.9 Å². The topological polar surface area (TPSA) is 24.9 Å². The van der Waals surface area contributed by atoms with Crippen molar-refractivity contribution < 1.29 is 0 Å². The highest BCUT2D eigenvalue weighted by molar-refractivity contribution is 7.09. The molecule has 108 valence electrons. The van der Waals surface area contributed by atoms with Crippen molar-refractivity contribution in [3.63, 3.8) is 0 Å². The standard InChI is InChI=1S/C17H24N2S/c1-4-9-18-11-17-19-16(12-20-17)15-7-5-14(6-8-15)10-13(2)3/h5-8,12-13,18H,4,9-11H2,1-3H3. The summed E-state index contributed by atoms with van der Waals surface area (Å²) >= 11 is 1.74. The van der Waals surface area contributed by atoms with Crippen molar-refractivity contribution >= 4 is 11.3 Å². The summed E-state index contributed by atoms with van der Waals surface area (Å²) in [7, 11) is 0. The summed E-state index contributed by atoms with van der Waals surface area (Å²) in [4.78, 5) is 4.70. The van der Waals surface area contributed by atoms with E-state index in [0.29, 0.717) is 5.92 Å². The fraction of sp³-hybridized carbons (Fsp3) is 0.471. The first kappa shape index (κ1) is 15.2. The molecule has 2 nitrogen and oxygen atoms in total. The van der Waals surface area contributed by atoms with Crippen LogP contribution < -0.4 is 5.32 Å². The Morgan fingerprint density at radius 2 is 1.95 bits per heavy atom. The predicted molar refractivity (Wildman–Crippen MR) is 88.1 cm³/mol. The van der Waals surface area contributed by atoms with Crippen LogP contribution in [0.5, 0.6) is 0 Å². The van der Waals surface area contributed by atoms with E-state index in [1.54, 1.807) is 11.3 Å². The summed E-state index contributed by atoms with van der Waals surface area (Å²) in [5.74, 6) is 0.705. The highest BCUT2D eigenvalue weighted by Gasteiger charge is 2.05. The van der Waals surface area contributed by atoms with Gasteiger partial charge in [-0.1, -0.05) is 45.0 Å². The third kappa shape index (κ3) is 4.43. The van der Waals surface area contributed by atoms with Crippen molar-refractivity contribution in [2.75, 3.05) is 6.54 Å². The summed E-state index contributed by atoms with van der Waals surface area (Å²) in [6.45, 7) is 8.62. The molecule has 20 heavy (non-hydrogen) atoms. The van der Waals surface area contributed by atoms with Gasteiger partial charge in [0.1, 0.15) is 5.01 Å². The molecule has 1 aromatic heterocycles. The molecule has 2 rings (SSSR count). The molecule has 0 aliphatic carbocycles. The summed E-state index contributed by atoms with van der Waals surface area (Å²) in [6, 6.07) is 8.83. The van der Waals surface area contributed by atoms with Gasteiger partial charge in [0.25, 0.3) is 0 Å². The minimum Gasteiger partial charge on any atom is -0.310 e. The van der Waals surface area contributed by atoms with Gasteiger partial charge < -0.3 is 5.32 Å². The Bertz CT molecular complexity index is 514. The lowest BCUT2D eigenvalue weighted by atomic mass is 10.0. The number of rotatable bonds is 7. The maximum Gasteiger partial charge on any atom is 0.107 e. The first-order valence-corrected chi connectivity index (χ1v) is 8.31. The molecule has 0 amide bonds. The number of nitrogens with zero attached hydrogens (tertiary/aromatic N) is 1. The first-order valence-electron chi connectivity index (χ1n) is 7.43. The SMILES string of the molecule is CCCNCc1nc(-c2ccc(CC(C)C)cc2)cs1. The molecule has 0 saturated heterocycles. The Hall–Kier alpha value is -1.19. The molecule has 0 saturated carbocycles. The largest absolute Gasteiger partial charge is 0.310 e. The van der Waals surface area contributed by atoms with E-state index in [4.69, 9.17) is 4.98 Å². The third-order valence-corrected chi connectivity index (χ3v) is 4.00. The van der Waals surface area contributed by atoms with E-state index in [0.717, 1.165) is 31.6 Å². The van der Waals surface area contributed by atoms with Gasteiger partial charge >= 0.3 is 0 Å². The van der Waals surface area contributed by atoms with Crippen LogP contribution in [-0.4, -0.2) is 11.5 Å². The molecular weight excluding hydrogens is 264 g/mol. The number of aromatic nitrogens is 1. The second kappa shape index (κ2) is 7.55. The molecule has 0 bridgehead atoms. The minimum absolute atomic E-state index is 0.705.